The van der Waals surface area contributed by atoms with Gasteiger partial charge in [0.05, 0.1) is 5.70 Å². The van der Waals surface area contributed by atoms with Crippen LogP contribution >= 0.6 is 0 Å². The van der Waals surface area contributed by atoms with E-state index >= 15 is 0 Å². The molecule has 20 heavy (non-hydrogen) atoms. The average molecular weight is 276 g/mol. The average Bonchev–Trinajstić information content (AvgIpc) is 2.42. The summed E-state index contributed by atoms with van der Waals surface area (Å²) >= 11 is 0. The van der Waals surface area contributed by atoms with Crippen LogP contribution in [0.15, 0.2) is 22.9 Å². The van der Waals surface area contributed by atoms with Crippen LogP contribution in [0.25, 0.3) is 5.70 Å². The third-order valence-corrected chi connectivity index (χ3v) is 2.42. The number of nitrogens with zero attached hydrogens (tertiary/aromatic N) is 2. The molecule has 0 radical (unpaired) electrons. The highest BCUT2D eigenvalue weighted by Crippen LogP contribution is 2.37. The van der Waals surface area contributed by atoms with Crippen molar-refractivity contribution >= 4 is 17.3 Å². The first-order valence-corrected chi connectivity index (χ1v) is 5.54. The fraction of sp³-hybridized carbons (Fsp3) is 0.167. The molecule has 1 aromatic rings. The molecule has 104 valence electrons. The number of rotatable bonds is 4. The normalized spacial score (nSPS) is 11.2. The van der Waals surface area contributed by atoms with E-state index in [1.807, 2.05) is 0 Å². The lowest BCUT2D eigenvalue weighted by molar-refractivity contribution is -0.116. The van der Waals surface area contributed by atoms with Crippen molar-refractivity contribution in [2.45, 2.75) is 6.92 Å². The van der Waals surface area contributed by atoms with Crippen molar-refractivity contribution < 1.29 is 15.0 Å². The predicted molar refractivity (Wildman–Crippen MR) is 70.6 cm³/mol. The van der Waals surface area contributed by atoms with Gasteiger partial charge in [-0.25, -0.2) is 0 Å². The number of carbonyl (C=O) groups is 1. The number of nitrogens with two attached hydrogens (primary N) is 1. The summed E-state index contributed by atoms with van der Waals surface area (Å²) in [6.45, 7) is 1.98. The van der Waals surface area contributed by atoms with Crippen LogP contribution in [0.5, 0.6) is 11.5 Å². The number of nitriles is 1. The molecule has 1 rings (SSSR count). The lowest BCUT2D eigenvalue weighted by Crippen LogP contribution is -2.25. The van der Waals surface area contributed by atoms with Crippen molar-refractivity contribution in [2.24, 2.45) is 10.9 Å². The first kappa shape index (κ1) is 15.0. The van der Waals surface area contributed by atoms with Crippen molar-refractivity contribution in [3.63, 3.8) is 0 Å². The molecule has 0 atom stereocenters. The van der Waals surface area contributed by atoms with E-state index in [0.717, 1.165) is 12.1 Å². The molecule has 0 saturated carbocycles. The van der Waals surface area contributed by atoms with Gasteiger partial charge >= 0.3 is 0 Å². The highest BCUT2D eigenvalue weighted by Gasteiger charge is 2.17. The van der Waals surface area contributed by atoms with Crippen LogP contribution in [0.4, 0.5) is 5.69 Å². The van der Waals surface area contributed by atoms with Crippen LogP contribution in [-0.2, 0) is 4.79 Å². The molecule has 8 nitrogen and oxygen atoms in total. The van der Waals surface area contributed by atoms with E-state index in [2.05, 4.69) is 10.5 Å². The summed E-state index contributed by atoms with van der Waals surface area (Å²) in [7, 11) is 0. The largest absolute Gasteiger partial charge is 0.504 e. The maximum Gasteiger partial charge on any atom is 0.264 e. The minimum Gasteiger partial charge on any atom is -0.504 e. The Labute approximate surface area is 114 Å². The van der Waals surface area contributed by atoms with Gasteiger partial charge in [-0.1, -0.05) is 0 Å². The predicted octanol–water partition coefficient (Wildman–Crippen LogP) is 0.825. The number of nitrogens with one attached hydrogen (secondary N) is 1. The van der Waals surface area contributed by atoms with Crippen LogP contribution in [0.1, 0.15) is 12.5 Å². The van der Waals surface area contributed by atoms with Gasteiger partial charge in [-0.05, 0) is 24.2 Å². The molecule has 0 unspecified atom stereocenters. The minimum absolute atomic E-state index is 0.0257. The fourth-order valence-electron chi connectivity index (χ4n) is 1.46. The number of phenolic OH excluding ortho intramolecular Hbond substituents is 2. The fourth-order valence-corrected chi connectivity index (χ4v) is 1.46. The maximum absolute atomic E-state index is 11.6. The standard InChI is InChI=1S/C12H12N4O4/c1-2-15-12(19)7(5-13)10(14)6-3-8(16-20)11(18)9(17)4-6/h3-4,17-18H,2,14H2,1H3,(H,15,19)/b10-7-. The summed E-state index contributed by atoms with van der Waals surface area (Å²) in [4.78, 5) is 22.1. The Morgan fingerprint density at radius 1 is 1.50 bits per heavy atom. The lowest BCUT2D eigenvalue weighted by atomic mass is 10.1. The molecule has 8 heteroatoms. The van der Waals surface area contributed by atoms with Gasteiger partial charge < -0.3 is 21.3 Å². The van der Waals surface area contributed by atoms with Crippen molar-refractivity contribution in [3.05, 3.63) is 28.2 Å². The highest BCUT2D eigenvalue weighted by molar-refractivity contribution is 6.04. The van der Waals surface area contributed by atoms with Crippen LogP contribution in [0.2, 0.25) is 0 Å². The molecular weight excluding hydrogens is 264 g/mol. The van der Waals surface area contributed by atoms with Gasteiger partial charge in [0.2, 0.25) is 0 Å². The topological polar surface area (TPSA) is 149 Å². The molecule has 5 N–H and O–H groups in total. The SMILES string of the molecule is CCNC(=O)/C(C#N)=C(\N)c1cc(O)c(O)c(N=O)c1. The number of hydrogen-bond acceptors (Lipinski definition) is 7. The molecule has 1 aromatic carbocycles. The second kappa shape index (κ2) is 6.19. The van der Waals surface area contributed by atoms with Crippen molar-refractivity contribution in [1.82, 2.24) is 5.32 Å². The molecule has 0 aliphatic carbocycles. The van der Waals surface area contributed by atoms with Crippen LogP contribution in [0.3, 0.4) is 0 Å². The number of hydrogen-bond donors (Lipinski definition) is 4. The molecule has 0 spiro atoms. The zero-order chi connectivity index (χ0) is 15.3. The first-order valence-electron chi connectivity index (χ1n) is 5.54. The molecule has 0 saturated heterocycles. The maximum atomic E-state index is 11.6. The third-order valence-electron chi connectivity index (χ3n) is 2.42. The Kier molecular flexibility index (Phi) is 4.64. The number of nitroso groups, excluding NO2 is 1. The molecular formula is C12H12N4O4. The molecule has 0 heterocycles. The molecule has 0 aliphatic heterocycles. The van der Waals surface area contributed by atoms with Gasteiger partial charge in [-0.3, -0.25) is 4.79 Å². The summed E-state index contributed by atoms with van der Waals surface area (Å²) in [6.07, 6.45) is 0. The number of aromatic hydroxyl groups is 2. The van der Waals surface area contributed by atoms with E-state index < -0.39 is 23.1 Å². The van der Waals surface area contributed by atoms with E-state index in [4.69, 9.17) is 11.0 Å². The minimum atomic E-state index is -0.701. The Bertz CT molecular complexity index is 631. The van der Waals surface area contributed by atoms with Gasteiger partial charge in [-0.2, -0.15) is 5.26 Å². The van der Waals surface area contributed by atoms with Crippen LogP contribution in [-0.4, -0.2) is 22.7 Å². The molecule has 0 aliphatic rings. The van der Waals surface area contributed by atoms with Crippen molar-refractivity contribution in [3.8, 4) is 17.6 Å². The lowest BCUT2D eigenvalue weighted by Gasteiger charge is -2.08. The molecule has 0 bridgehead atoms. The van der Waals surface area contributed by atoms with Gasteiger partial charge in [-0.15, -0.1) is 4.91 Å². The van der Waals surface area contributed by atoms with Gasteiger partial charge in [0, 0.05) is 12.1 Å². The van der Waals surface area contributed by atoms with Gasteiger partial charge in [0.1, 0.15) is 11.6 Å². The highest BCUT2D eigenvalue weighted by atomic mass is 16.3. The number of likely N-dealkylation sites (N-methyl/N-ethyl adjacent to an activating group) is 1. The van der Waals surface area contributed by atoms with E-state index in [1.165, 1.54) is 0 Å². The van der Waals surface area contributed by atoms with E-state index in [-0.39, 0.29) is 16.8 Å². The number of phenols is 2. The smallest absolute Gasteiger partial charge is 0.264 e. The zero-order valence-electron chi connectivity index (χ0n) is 10.5. The van der Waals surface area contributed by atoms with E-state index in [0.29, 0.717) is 6.54 Å². The summed E-state index contributed by atoms with van der Waals surface area (Å²) in [5, 5.41) is 32.7. The monoisotopic (exact) mass is 276 g/mol. The second-order valence-corrected chi connectivity index (χ2v) is 3.71. The van der Waals surface area contributed by atoms with Crippen LogP contribution in [0, 0.1) is 16.2 Å². The molecule has 0 aromatic heterocycles. The van der Waals surface area contributed by atoms with Gasteiger partial charge in [0.15, 0.2) is 17.2 Å². The number of amides is 1. The quantitative estimate of drug-likeness (QED) is 0.277. The number of carbonyl (C=O) groups excluding carboxylic acids is 1. The molecule has 1 amide bonds. The molecule has 0 fully saturated rings. The second-order valence-electron chi connectivity index (χ2n) is 3.71. The van der Waals surface area contributed by atoms with E-state index in [1.54, 1.807) is 13.0 Å². The van der Waals surface area contributed by atoms with Crippen LogP contribution < -0.4 is 11.1 Å². The van der Waals surface area contributed by atoms with Gasteiger partial charge in [0.25, 0.3) is 5.91 Å². The Morgan fingerprint density at radius 3 is 2.65 bits per heavy atom. The first-order chi connectivity index (χ1) is 9.46. The van der Waals surface area contributed by atoms with E-state index in [9.17, 15) is 19.9 Å². The number of benzene rings is 1. The summed E-state index contributed by atoms with van der Waals surface area (Å²) in [5.74, 6) is -2.01. The van der Waals surface area contributed by atoms with Crippen molar-refractivity contribution in [2.75, 3.05) is 6.54 Å². The summed E-state index contributed by atoms with van der Waals surface area (Å²) in [6, 6.07) is 3.73. The zero-order valence-corrected chi connectivity index (χ0v) is 10.5. The third kappa shape index (κ3) is 2.84. The summed E-state index contributed by atoms with van der Waals surface area (Å²) < 4.78 is 0. The Balaban J connectivity index is 3.42. The summed E-state index contributed by atoms with van der Waals surface area (Å²) in [5.41, 5.74) is 4.66. The Hall–Kier alpha value is -3.08. The van der Waals surface area contributed by atoms with Crippen molar-refractivity contribution in [1.29, 1.82) is 5.26 Å². The Morgan fingerprint density at radius 2 is 2.15 bits per heavy atom.